The molecule has 0 saturated carbocycles. The van der Waals surface area contributed by atoms with Crippen LogP contribution in [0, 0.1) is 6.92 Å². The molecule has 31 heavy (non-hydrogen) atoms. The molecule has 2 aromatic heterocycles. The summed E-state index contributed by atoms with van der Waals surface area (Å²) in [7, 11) is 0. The Morgan fingerprint density at radius 3 is 2.61 bits per heavy atom. The lowest BCUT2D eigenvalue weighted by Gasteiger charge is -2.12. The number of nitrogens with zero attached hydrogens (tertiary/aromatic N) is 3. The summed E-state index contributed by atoms with van der Waals surface area (Å²) in [6.45, 7) is 1.99. The molecule has 0 radical (unpaired) electrons. The molecular formula is C24H20IN5O. The van der Waals surface area contributed by atoms with Crippen molar-refractivity contribution < 1.29 is 4.79 Å². The van der Waals surface area contributed by atoms with Gasteiger partial charge >= 0.3 is 0 Å². The molecule has 7 heteroatoms. The number of carbonyl (C=O) groups is 1. The van der Waals surface area contributed by atoms with Crippen LogP contribution in [0.15, 0.2) is 79.3 Å². The first-order valence-electron chi connectivity index (χ1n) is 9.70. The Balaban J connectivity index is 1.52. The Kier molecular flexibility index (Phi) is 6.51. The number of pyridine rings is 1. The molecule has 4 aromatic rings. The number of alkyl halides is 1. The van der Waals surface area contributed by atoms with E-state index in [-0.39, 0.29) is 5.91 Å². The van der Waals surface area contributed by atoms with E-state index in [1.807, 2.05) is 67.6 Å². The Hall–Kier alpha value is -3.33. The quantitative estimate of drug-likeness (QED) is 0.249. The minimum Gasteiger partial charge on any atom is -0.324 e. The first kappa shape index (κ1) is 20.9. The molecule has 0 fully saturated rings. The molecule has 0 saturated heterocycles. The third kappa shape index (κ3) is 5.24. The summed E-state index contributed by atoms with van der Waals surface area (Å²) in [5.74, 6) is 0.326. The monoisotopic (exact) mass is 521 g/mol. The normalized spacial score (nSPS) is 10.5. The first-order chi connectivity index (χ1) is 15.1. The molecule has 6 nitrogen and oxygen atoms in total. The second-order valence-electron chi connectivity index (χ2n) is 6.95. The summed E-state index contributed by atoms with van der Waals surface area (Å²) in [4.78, 5) is 25.7. The van der Waals surface area contributed by atoms with Gasteiger partial charge in [-0.05, 0) is 60.5 Å². The molecule has 154 valence electrons. The van der Waals surface area contributed by atoms with Gasteiger partial charge in [0.05, 0.1) is 5.69 Å². The lowest BCUT2D eigenvalue weighted by molar-refractivity contribution is 0.102. The second-order valence-corrected chi connectivity index (χ2v) is 7.71. The fraction of sp³-hybridized carbons (Fsp3) is 0.0833. The van der Waals surface area contributed by atoms with Gasteiger partial charge in [0, 0.05) is 45.5 Å². The lowest BCUT2D eigenvalue weighted by atomic mass is 10.1. The summed E-state index contributed by atoms with van der Waals surface area (Å²) in [6.07, 6.45) is 5.20. The number of halogens is 1. The molecule has 0 aliphatic heterocycles. The predicted molar refractivity (Wildman–Crippen MR) is 132 cm³/mol. The zero-order valence-corrected chi connectivity index (χ0v) is 19.0. The number of aromatic nitrogens is 3. The standard InChI is InChI=1S/C24H20IN5O/c1-16-4-9-20(28-23(31)18-7-5-17(14-25)6-8-18)13-22(16)30-24-27-12-10-21(29-24)19-3-2-11-26-15-19/h2-13,15H,14H2,1H3,(H,28,31)(H,27,29,30). The van der Waals surface area contributed by atoms with Crippen molar-refractivity contribution in [1.29, 1.82) is 0 Å². The van der Waals surface area contributed by atoms with Crippen LogP contribution >= 0.6 is 22.6 Å². The van der Waals surface area contributed by atoms with E-state index in [0.29, 0.717) is 17.2 Å². The molecule has 0 unspecified atom stereocenters. The highest BCUT2D eigenvalue weighted by Gasteiger charge is 2.09. The van der Waals surface area contributed by atoms with Crippen molar-refractivity contribution >= 4 is 45.8 Å². The van der Waals surface area contributed by atoms with Gasteiger partial charge in [-0.1, -0.05) is 40.8 Å². The zero-order valence-electron chi connectivity index (χ0n) is 16.8. The molecule has 4 rings (SSSR count). The zero-order chi connectivity index (χ0) is 21.6. The summed E-state index contributed by atoms with van der Waals surface area (Å²) < 4.78 is 0.913. The number of nitrogens with one attached hydrogen (secondary N) is 2. The number of hydrogen-bond acceptors (Lipinski definition) is 5. The Morgan fingerprint density at radius 1 is 1.03 bits per heavy atom. The maximum absolute atomic E-state index is 12.6. The summed E-state index contributed by atoms with van der Waals surface area (Å²) in [5, 5.41) is 6.21. The highest BCUT2D eigenvalue weighted by Crippen LogP contribution is 2.24. The van der Waals surface area contributed by atoms with Crippen LogP contribution in [0.25, 0.3) is 11.3 Å². The third-order valence-electron chi connectivity index (χ3n) is 4.73. The van der Waals surface area contributed by atoms with Crippen molar-refractivity contribution in [2.24, 2.45) is 0 Å². The topological polar surface area (TPSA) is 79.8 Å². The van der Waals surface area contributed by atoms with E-state index in [9.17, 15) is 4.79 Å². The number of rotatable bonds is 6. The number of carbonyl (C=O) groups excluding carboxylic acids is 1. The van der Waals surface area contributed by atoms with Crippen LogP contribution in [0.2, 0.25) is 0 Å². The minimum absolute atomic E-state index is 0.148. The maximum Gasteiger partial charge on any atom is 0.255 e. The van der Waals surface area contributed by atoms with E-state index in [4.69, 9.17) is 0 Å². The number of hydrogen-bond donors (Lipinski definition) is 2. The molecule has 2 aromatic carbocycles. The SMILES string of the molecule is Cc1ccc(NC(=O)c2ccc(CI)cc2)cc1Nc1nccc(-c2cccnc2)n1. The van der Waals surface area contributed by atoms with E-state index in [0.717, 1.165) is 26.9 Å². The van der Waals surface area contributed by atoms with Crippen LogP contribution in [0.3, 0.4) is 0 Å². The highest BCUT2D eigenvalue weighted by molar-refractivity contribution is 14.1. The summed E-state index contributed by atoms with van der Waals surface area (Å²) in [6, 6.07) is 19.0. The summed E-state index contributed by atoms with van der Waals surface area (Å²) >= 11 is 2.30. The van der Waals surface area contributed by atoms with Crippen molar-refractivity contribution in [2.75, 3.05) is 10.6 Å². The number of anilines is 3. The fourth-order valence-corrected chi connectivity index (χ4v) is 3.51. The van der Waals surface area contributed by atoms with Gasteiger partial charge in [-0.25, -0.2) is 9.97 Å². The van der Waals surface area contributed by atoms with Crippen LogP contribution in [0.1, 0.15) is 21.5 Å². The molecule has 2 heterocycles. The number of amides is 1. The van der Waals surface area contributed by atoms with Gasteiger partial charge in [0.15, 0.2) is 0 Å². The lowest BCUT2D eigenvalue weighted by Crippen LogP contribution is -2.12. The average molecular weight is 521 g/mol. The molecule has 0 bridgehead atoms. The van der Waals surface area contributed by atoms with E-state index >= 15 is 0 Å². The highest BCUT2D eigenvalue weighted by atomic mass is 127. The first-order valence-corrected chi connectivity index (χ1v) is 11.2. The second kappa shape index (κ2) is 9.65. The molecule has 0 spiro atoms. The minimum atomic E-state index is -0.148. The van der Waals surface area contributed by atoms with Crippen molar-refractivity contribution in [3.63, 3.8) is 0 Å². The van der Waals surface area contributed by atoms with Gasteiger partial charge in [0.2, 0.25) is 5.95 Å². The van der Waals surface area contributed by atoms with Crippen LogP contribution in [-0.4, -0.2) is 20.9 Å². The Labute approximate surface area is 194 Å². The van der Waals surface area contributed by atoms with Crippen LogP contribution in [0.4, 0.5) is 17.3 Å². The predicted octanol–water partition coefficient (Wildman–Crippen LogP) is 5.78. The van der Waals surface area contributed by atoms with Crippen molar-refractivity contribution in [3.05, 3.63) is 95.9 Å². The van der Waals surface area contributed by atoms with Crippen molar-refractivity contribution in [1.82, 2.24) is 15.0 Å². The van der Waals surface area contributed by atoms with Gasteiger partial charge in [-0.2, -0.15) is 0 Å². The molecule has 0 aliphatic carbocycles. The van der Waals surface area contributed by atoms with Gasteiger partial charge in [-0.15, -0.1) is 0 Å². The van der Waals surface area contributed by atoms with Gasteiger partial charge in [-0.3, -0.25) is 9.78 Å². The van der Waals surface area contributed by atoms with Crippen LogP contribution < -0.4 is 10.6 Å². The molecule has 2 N–H and O–H groups in total. The third-order valence-corrected chi connectivity index (χ3v) is 5.61. The molecule has 1 amide bonds. The van der Waals surface area contributed by atoms with E-state index in [2.05, 4.69) is 48.2 Å². The van der Waals surface area contributed by atoms with Crippen molar-refractivity contribution in [3.8, 4) is 11.3 Å². The van der Waals surface area contributed by atoms with Crippen LogP contribution in [-0.2, 0) is 4.43 Å². The van der Waals surface area contributed by atoms with Gasteiger partial charge in [0.25, 0.3) is 5.91 Å². The average Bonchev–Trinajstić information content (AvgIpc) is 2.82. The molecule has 0 aliphatic rings. The largest absolute Gasteiger partial charge is 0.324 e. The van der Waals surface area contributed by atoms with E-state index < -0.39 is 0 Å². The molecule has 0 atom stereocenters. The van der Waals surface area contributed by atoms with E-state index in [1.165, 1.54) is 5.56 Å². The molecular weight excluding hydrogens is 501 g/mol. The smallest absolute Gasteiger partial charge is 0.255 e. The van der Waals surface area contributed by atoms with Crippen LogP contribution in [0.5, 0.6) is 0 Å². The summed E-state index contributed by atoms with van der Waals surface area (Å²) in [5.41, 5.74) is 6.03. The van der Waals surface area contributed by atoms with E-state index in [1.54, 1.807) is 18.6 Å². The Morgan fingerprint density at radius 2 is 1.87 bits per heavy atom. The fourth-order valence-electron chi connectivity index (χ4n) is 3.00. The number of aryl methyl sites for hydroxylation is 1. The maximum atomic E-state index is 12.6. The Bertz CT molecular complexity index is 1200. The van der Waals surface area contributed by atoms with Crippen molar-refractivity contribution in [2.45, 2.75) is 11.4 Å². The van der Waals surface area contributed by atoms with Gasteiger partial charge < -0.3 is 10.6 Å². The van der Waals surface area contributed by atoms with Gasteiger partial charge in [0.1, 0.15) is 0 Å². The number of benzene rings is 2.